The van der Waals surface area contributed by atoms with Crippen LogP contribution in [0.5, 0.6) is 11.5 Å². The molecule has 4 aromatic carbocycles. The molecule has 6 unspecified atom stereocenters. The van der Waals surface area contributed by atoms with Crippen molar-refractivity contribution in [1.29, 1.82) is 0 Å². The van der Waals surface area contributed by atoms with Gasteiger partial charge in [0.1, 0.15) is 11.5 Å². The SMILES string of the molecule is COc1ccc(C23C(=O)N(Nc4ccc(Cl)cc4Cl)C(=O)C2CC2C(=CCC4C(=O)N(CCC(=O)O)C(=O)C42)C3c2ccc(O)c3ccccc23)cc1. The molecule has 3 fully saturated rings. The Morgan fingerprint density at radius 1 is 0.925 bits per heavy atom. The summed E-state index contributed by atoms with van der Waals surface area (Å²) < 4.78 is 5.47. The number of carbonyl (C=O) groups excluding carboxylic acids is 4. The number of amides is 4. The second-order valence-corrected chi connectivity index (χ2v) is 14.7. The van der Waals surface area contributed by atoms with Crippen molar-refractivity contribution >= 4 is 69.3 Å². The fourth-order valence-electron chi connectivity index (χ4n) is 9.24. The van der Waals surface area contributed by atoms with Crippen LogP contribution in [-0.2, 0) is 29.4 Å². The molecule has 0 radical (unpaired) electrons. The van der Waals surface area contributed by atoms with Crippen LogP contribution in [0.25, 0.3) is 10.8 Å². The van der Waals surface area contributed by atoms with Gasteiger partial charge in [0.15, 0.2) is 0 Å². The number of nitrogens with one attached hydrogen (secondary N) is 1. The van der Waals surface area contributed by atoms with Gasteiger partial charge in [-0.15, -0.1) is 0 Å². The van der Waals surface area contributed by atoms with Crippen LogP contribution >= 0.6 is 23.2 Å². The molecule has 2 saturated heterocycles. The second-order valence-electron chi connectivity index (χ2n) is 13.9. The molecule has 2 heterocycles. The average molecular weight is 755 g/mol. The van der Waals surface area contributed by atoms with Gasteiger partial charge in [-0.25, -0.2) is 0 Å². The monoisotopic (exact) mass is 753 g/mol. The molecule has 4 aliphatic rings. The highest BCUT2D eigenvalue weighted by atomic mass is 35.5. The van der Waals surface area contributed by atoms with Gasteiger partial charge in [0.25, 0.3) is 11.8 Å². The van der Waals surface area contributed by atoms with E-state index in [0.29, 0.717) is 32.7 Å². The first-order valence-electron chi connectivity index (χ1n) is 17.2. The Morgan fingerprint density at radius 3 is 2.36 bits per heavy atom. The van der Waals surface area contributed by atoms with E-state index in [9.17, 15) is 29.4 Å². The number of fused-ring (bicyclic) bond motifs is 5. The number of likely N-dealkylation sites (tertiary alicyclic amines) is 1. The van der Waals surface area contributed by atoms with E-state index in [1.54, 1.807) is 60.7 Å². The number of hydrazine groups is 1. The molecule has 2 aliphatic carbocycles. The van der Waals surface area contributed by atoms with E-state index in [0.717, 1.165) is 15.5 Å². The number of phenols is 1. The second kappa shape index (κ2) is 12.9. The van der Waals surface area contributed by atoms with Crippen LogP contribution in [0.3, 0.4) is 0 Å². The molecular formula is C40H33Cl2N3O8. The standard InChI is InChI=1S/C40H33Cl2N3O8/c1-53-22-9-6-20(7-10-22)40-29(37(50)45(39(40)52)43-31-14-8-21(41)18-30(31)42)19-28-26(35(40)25-13-15-32(46)24-5-3-2-4-23(24)25)11-12-27-34(28)38(51)44(36(27)49)17-16-33(47)48/h2-11,13-15,18,27-29,34-35,43,46H,12,16-17,19H2,1H3,(H,47,48). The number of methoxy groups -OCH3 is 1. The summed E-state index contributed by atoms with van der Waals surface area (Å²) in [6.45, 7) is -0.260. The molecule has 3 N–H and O–H groups in total. The molecule has 11 nitrogen and oxygen atoms in total. The molecule has 270 valence electrons. The molecule has 0 spiro atoms. The van der Waals surface area contributed by atoms with E-state index in [-0.39, 0.29) is 35.8 Å². The van der Waals surface area contributed by atoms with E-state index in [2.05, 4.69) is 5.43 Å². The van der Waals surface area contributed by atoms with Crippen molar-refractivity contribution in [2.75, 3.05) is 19.1 Å². The number of nitrogens with zero attached hydrogens (tertiary/aromatic N) is 2. The molecular weight excluding hydrogens is 721 g/mol. The zero-order chi connectivity index (χ0) is 37.3. The van der Waals surface area contributed by atoms with Crippen molar-refractivity contribution in [1.82, 2.24) is 9.91 Å². The zero-order valence-corrected chi connectivity index (χ0v) is 29.8. The van der Waals surface area contributed by atoms with E-state index >= 15 is 4.79 Å². The van der Waals surface area contributed by atoms with Gasteiger partial charge in [-0.2, -0.15) is 5.01 Å². The highest BCUT2D eigenvalue weighted by Crippen LogP contribution is 2.65. The lowest BCUT2D eigenvalue weighted by Crippen LogP contribution is -2.53. The molecule has 4 aromatic rings. The van der Waals surface area contributed by atoms with Crippen molar-refractivity contribution < 1.29 is 38.9 Å². The van der Waals surface area contributed by atoms with Gasteiger partial charge in [-0.1, -0.05) is 77.3 Å². The number of aliphatic carboxylic acids is 1. The normalized spacial score (nSPS) is 26.3. The van der Waals surface area contributed by atoms with Gasteiger partial charge >= 0.3 is 5.97 Å². The number of phenolic OH excluding ortho intramolecular Hbond substituents is 1. The topological polar surface area (TPSA) is 154 Å². The quantitative estimate of drug-likeness (QED) is 0.139. The molecule has 8 rings (SSSR count). The molecule has 0 aromatic heterocycles. The van der Waals surface area contributed by atoms with E-state index < -0.39 is 71.0 Å². The predicted molar refractivity (Wildman–Crippen MR) is 195 cm³/mol. The van der Waals surface area contributed by atoms with E-state index in [1.165, 1.54) is 13.2 Å². The number of ether oxygens (including phenoxy) is 1. The molecule has 53 heavy (non-hydrogen) atoms. The maximum atomic E-state index is 15.5. The number of halogens is 2. The number of rotatable bonds is 8. The third-order valence-corrected chi connectivity index (χ3v) is 12.0. The third-order valence-electron chi connectivity index (χ3n) is 11.5. The summed E-state index contributed by atoms with van der Waals surface area (Å²) in [6.07, 6.45) is 1.77. The van der Waals surface area contributed by atoms with Crippen LogP contribution in [0.15, 0.2) is 90.5 Å². The predicted octanol–water partition coefficient (Wildman–Crippen LogP) is 6.32. The highest BCUT2D eigenvalue weighted by Gasteiger charge is 2.70. The van der Waals surface area contributed by atoms with Crippen molar-refractivity contribution in [3.8, 4) is 11.5 Å². The van der Waals surface area contributed by atoms with Crippen molar-refractivity contribution in [2.45, 2.75) is 30.6 Å². The molecule has 0 bridgehead atoms. The van der Waals surface area contributed by atoms with E-state index in [4.69, 9.17) is 27.9 Å². The number of hydrogen-bond donors (Lipinski definition) is 3. The Hall–Kier alpha value is -5.39. The summed E-state index contributed by atoms with van der Waals surface area (Å²) in [7, 11) is 1.53. The summed E-state index contributed by atoms with van der Waals surface area (Å²) in [5, 5.41) is 23.1. The molecule has 4 amide bonds. The zero-order valence-electron chi connectivity index (χ0n) is 28.3. The lowest BCUT2D eigenvalue weighted by molar-refractivity contribution is -0.143. The van der Waals surface area contributed by atoms with Crippen molar-refractivity contribution in [3.05, 3.63) is 112 Å². The Bertz CT molecular complexity index is 2280. The highest BCUT2D eigenvalue weighted by molar-refractivity contribution is 6.36. The molecule has 2 aliphatic heterocycles. The summed E-state index contributed by atoms with van der Waals surface area (Å²) in [4.78, 5) is 70.8. The van der Waals surface area contributed by atoms with Crippen LogP contribution in [0.1, 0.15) is 36.3 Å². The van der Waals surface area contributed by atoms with Crippen LogP contribution in [0.2, 0.25) is 10.0 Å². The minimum Gasteiger partial charge on any atom is -0.507 e. The van der Waals surface area contributed by atoms with Crippen LogP contribution < -0.4 is 10.2 Å². The number of carboxylic acids is 1. The first-order chi connectivity index (χ1) is 25.5. The Labute approximate surface area is 313 Å². The summed E-state index contributed by atoms with van der Waals surface area (Å²) in [5.41, 5.74) is 3.58. The fraction of sp³-hybridized carbons (Fsp3) is 0.275. The van der Waals surface area contributed by atoms with Gasteiger partial charge in [-0.05, 0) is 71.7 Å². The lowest BCUT2D eigenvalue weighted by Gasteiger charge is -2.51. The van der Waals surface area contributed by atoms with Crippen LogP contribution in [0, 0.1) is 23.7 Å². The maximum absolute atomic E-state index is 15.5. The summed E-state index contributed by atoms with van der Waals surface area (Å²) in [6, 6.07) is 22.2. The Balaban J connectivity index is 1.37. The van der Waals surface area contributed by atoms with Crippen LogP contribution in [-0.4, -0.2) is 63.4 Å². The number of allylic oxidation sites excluding steroid dienone is 2. The van der Waals surface area contributed by atoms with Gasteiger partial charge < -0.3 is 14.9 Å². The Morgan fingerprint density at radius 2 is 1.66 bits per heavy atom. The Kier molecular flexibility index (Phi) is 8.46. The number of aromatic hydroxyl groups is 1. The van der Waals surface area contributed by atoms with Gasteiger partial charge in [0, 0.05) is 22.9 Å². The number of anilines is 1. The number of hydrogen-bond acceptors (Lipinski definition) is 8. The van der Waals surface area contributed by atoms with Gasteiger partial charge in [0.05, 0.1) is 47.4 Å². The first-order valence-corrected chi connectivity index (χ1v) is 17.9. The first kappa shape index (κ1) is 34.7. The smallest absolute Gasteiger partial charge is 0.305 e. The van der Waals surface area contributed by atoms with Crippen molar-refractivity contribution in [3.63, 3.8) is 0 Å². The molecule has 1 saturated carbocycles. The lowest BCUT2D eigenvalue weighted by atomic mass is 9.49. The summed E-state index contributed by atoms with van der Waals surface area (Å²) >= 11 is 12.7. The number of benzene rings is 4. The number of carboxylic acid groups (broad SMARTS) is 1. The minimum absolute atomic E-state index is 0.0320. The number of carbonyl (C=O) groups is 5. The largest absolute Gasteiger partial charge is 0.507 e. The third kappa shape index (κ3) is 5.20. The molecule has 6 atom stereocenters. The van der Waals surface area contributed by atoms with Crippen molar-refractivity contribution in [2.24, 2.45) is 23.7 Å². The fourth-order valence-corrected chi connectivity index (χ4v) is 9.69. The minimum atomic E-state index is -1.58. The van der Waals surface area contributed by atoms with Crippen LogP contribution in [0.4, 0.5) is 5.69 Å². The average Bonchev–Trinajstić information content (AvgIpc) is 3.52. The maximum Gasteiger partial charge on any atom is 0.305 e. The molecule has 13 heteroatoms. The van der Waals surface area contributed by atoms with Gasteiger partial charge in [0.2, 0.25) is 11.8 Å². The summed E-state index contributed by atoms with van der Waals surface area (Å²) in [5.74, 6) is -6.75. The van der Waals surface area contributed by atoms with E-state index in [1.807, 2.05) is 18.2 Å². The number of imide groups is 2. The van der Waals surface area contributed by atoms with Gasteiger partial charge in [-0.3, -0.25) is 34.3 Å².